The van der Waals surface area contributed by atoms with E-state index >= 15 is 0 Å². The predicted octanol–water partition coefficient (Wildman–Crippen LogP) is 2.31. The molecule has 5 heteroatoms. The smallest absolute Gasteiger partial charge is 0.224 e. The van der Waals surface area contributed by atoms with Gasteiger partial charge in [-0.2, -0.15) is 0 Å². The lowest BCUT2D eigenvalue weighted by Crippen LogP contribution is -2.14. The summed E-state index contributed by atoms with van der Waals surface area (Å²) < 4.78 is 10.8. The van der Waals surface area contributed by atoms with Gasteiger partial charge in [-0.05, 0) is 38.0 Å². The van der Waals surface area contributed by atoms with Gasteiger partial charge in [0.2, 0.25) is 5.91 Å². The molecule has 1 rings (SSSR count). The Labute approximate surface area is 126 Å². The molecule has 0 saturated heterocycles. The first-order chi connectivity index (χ1) is 10.1. The number of ether oxygens (including phenoxy) is 2. The Morgan fingerprint density at radius 1 is 1.29 bits per heavy atom. The van der Waals surface area contributed by atoms with Gasteiger partial charge in [-0.15, -0.1) is 0 Å². The van der Waals surface area contributed by atoms with Gasteiger partial charge in [0.05, 0.1) is 19.3 Å². The van der Waals surface area contributed by atoms with Crippen molar-refractivity contribution in [3.63, 3.8) is 0 Å². The van der Waals surface area contributed by atoms with Crippen molar-refractivity contribution in [3.05, 3.63) is 29.8 Å². The van der Waals surface area contributed by atoms with E-state index in [2.05, 4.69) is 5.32 Å². The number of amides is 1. The summed E-state index contributed by atoms with van der Waals surface area (Å²) >= 11 is 0. The number of rotatable bonds is 10. The zero-order valence-electron chi connectivity index (χ0n) is 12.9. The molecule has 0 radical (unpaired) electrons. The Balaban J connectivity index is 2.11. The van der Waals surface area contributed by atoms with Crippen molar-refractivity contribution in [3.8, 4) is 0 Å². The Morgan fingerprint density at radius 3 is 2.81 bits per heavy atom. The molecule has 118 valence electrons. The third-order valence-electron chi connectivity index (χ3n) is 2.82. The normalized spacial score (nSPS) is 10.9. The molecule has 0 bridgehead atoms. The van der Waals surface area contributed by atoms with Crippen molar-refractivity contribution in [2.75, 3.05) is 25.1 Å². The van der Waals surface area contributed by atoms with Gasteiger partial charge in [-0.25, -0.2) is 0 Å². The summed E-state index contributed by atoms with van der Waals surface area (Å²) in [6.07, 6.45) is 1.37. The van der Waals surface area contributed by atoms with E-state index in [4.69, 9.17) is 15.2 Å². The van der Waals surface area contributed by atoms with Crippen LogP contribution in [0.1, 0.15) is 32.3 Å². The highest BCUT2D eigenvalue weighted by Gasteiger charge is 2.03. The first kappa shape index (κ1) is 17.6. The monoisotopic (exact) mass is 294 g/mol. The van der Waals surface area contributed by atoms with Gasteiger partial charge in [0.25, 0.3) is 0 Å². The largest absolute Gasteiger partial charge is 0.379 e. The van der Waals surface area contributed by atoms with Crippen molar-refractivity contribution < 1.29 is 14.3 Å². The van der Waals surface area contributed by atoms with Crippen LogP contribution in [0.2, 0.25) is 0 Å². The Morgan fingerprint density at radius 2 is 2.10 bits per heavy atom. The summed E-state index contributed by atoms with van der Waals surface area (Å²) in [5.74, 6) is -0.00815. The van der Waals surface area contributed by atoms with Crippen molar-refractivity contribution in [2.45, 2.75) is 39.3 Å². The van der Waals surface area contributed by atoms with Gasteiger partial charge in [-0.1, -0.05) is 12.1 Å². The highest BCUT2D eigenvalue weighted by Crippen LogP contribution is 2.10. The number of carbonyl (C=O) groups is 1. The molecule has 5 nitrogen and oxygen atoms in total. The Bertz CT molecular complexity index is 422. The van der Waals surface area contributed by atoms with Crippen molar-refractivity contribution in [1.29, 1.82) is 0 Å². The molecule has 0 fully saturated rings. The van der Waals surface area contributed by atoms with Gasteiger partial charge in [0, 0.05) is 25.3 Å². The fraction of sp³-hybridized carbons (Fsp3) is 0.562. The van der Waals surface area contributed by atoms with Crippen LogP contribution in [0.3, 0.4) is 0 Å². The van der Waals surface area contributed by atoms with Crippen LogP contribution >= 0.6 is 0 Å². The fourth-order valence-electron chi connectivity index (χ4n) is 1.78. The number of benzene rings is 1. The van der Waals surface area contributed by atoms with Crippen molar-refractivity contribution in [1.82, 2.24) is 0 Å². The molecule has 0 atom stereocenters. The summed E-state index contributed by atoms with van der Waals surface area (Å²) in [6.45, 7) is 6.18. The van der Waals surface area contributed by atoms with Gasteiger partial charge in [0.1, 0.15) is 0 Å². The van der Waals surface area contributed by atoms with Crippen LogP contribution < -0.4 is 11.1 Å². The second-order valence-corrected chi connectivity index (χ2v) is 5.09. The lowest BCUT2D eigenvalue weighted by Gasteiger charge is -2.08. The predicted molar refractivity (Wildman–Crippen MR) is 84.1 cm³/mol. The van der Waals surface area contributed by atoms with Crippen molar-refractivity contribution in [2.24, 2.45) is 5.73 Å². The van der Waals surface area contributed by atoms with Crippen LogP contribution in [0, 0.1) is 0 Å². The molecule has 0 aliphatic heterocycles. The van der Waals surface area contributed by atoms with Crippen molar-refractivity contribution >= 4 is 11.6 Å². The highest BCUT2D eigenvalue weighted by atomic mass is 16.5. The molecule has 1 aromatic rings. The molecule has 0 spiro atoms. The van der Waals surface area contributed by atoms with Gasteiger partial charge < -0.3 is 20.5 Å². The number of carbonyl (C=O) groups excluding carboxylic acids is 1. The lowest BCUT2D eigenvalue weighted by molar-refractivity contribution is -0.116. The molecule has 0 saturated carbocycles. The number of nitrogens with one attached hydrogen (secondary N) is 1. The molecular weight excluding hydrogens is 268 g/mol. The second kappa shape index (κ2) is 10.3. The lowest BCUT2D eigenvalue weighted by atomic mass is 10.2. The molecule has 21 heavy (non-hydrogen) atoms. The first-order valence-corrected chi connectivity index (χ1v) is 7.40. The Hall–Kier alpha value is -1.43. The molecule has 1 aromatic carbocycles. The van der Waals surface area contributed by atoms with Crippen LogP contribution in [0.25, 0.3) is 0 Å². The number of nitrogens with two attached hydrogens (primary N) is 1. The van der Waals surface area contributed by atoms with E-state index in [1.807, 2.05) is 38.1 Å². The number of anilines is 1. The summed E-state index contributed by atoms with van der Waals surface area (Å²) in [5, 5.41) is 2.86. The highest BCUT2D eigenvalue weighted by molar-refractivity contribution is 5.90. The van der Waals surface area contributed by atoms with E-state index in [-0.39, 0.29) is 12.0 Å². The maximum Gasteiger partial charge on any atom is 0.224 e. The van der Waals surface area contributed by atoms with Gasteiger partial charge in [0.15, 0.2) is 0 Å². The average molecular weight is 294 g/mol. The summed E-state index contributed by atoms with van der Waals surface area (Å²) in [6, 6.07) is 7.56. The zero-order valence-corrected chi connectivity index (χ0v) is 12.9. The molecule has 0 aliphatic rings. The van der Waals surface area contributed by atoms with Crippen LogP contribution in [0.4, 0.5) is 5.69 Å². The molecule has 0 aromatic heterocycles. The van der Waals surface area contributed by atoms with Crippen LogP contribution in [0.5, 0.6) is 0 Å². The quantitative estimate of drug-likeness (QED) is 0.649. The number of hydrogen-bond acceptors (Lipinski definition) is 4. The first-order valence-electron chi connectivity index (χ1n) is 7.40. The van der Waals surface area contributed by atoms with E-state index in [1.54, 1.807) is 0 Å². The van der Waals surface area contributed by atoms with E-state index < -0.39 is 0 Å². The fourth-order valence-corrected chi connectivity index (χ4v) is 1.78. The average Bonchev–Trinajstić information content (AvgIpc) is 2.46. The maximum atomic E-state index is 11.8. The molecule has 0 unspecified atom stereocenters. The summed E-state index contributed by atoms with van der Waals surface area (Å²) in [5.41, 5.74) is 7.35. The number of hydrogen-bond donors (Lipinski definition) is 2. The Kier molecular flexibility index (Phi) is 8.66. The molecule has 0 heterocycles. The van der Waals surface area contributed by atoms with E-state index in [0.29, 0.717) is 39.2 Å². The van der Waals surface area contributed by atoms with E-state index in [9.17, 15) is 4.79 Å². The third-order valence-corrected chi connectivity index (χ3v) is 2.82. The minimum Gasteiger partial charge on any atom is -0.379 e. The SMILES string of the molecule is CC(C)OCCOCCCC(=O)Nc1cccc(CN)c1. The third kappa shape index (κ3) is 8.45. The van der Waals surface area contributed by atoms with Gasteiger partial charge >= 0.3 is 0 Å². The van der Waals surface area contributed by atoms with Crippen LogP contribution in [-0.4, -0.2) is 31.8 Å². The second-order valence-electron chi connectivity index (χ2n) is 5.09. The van der Waals surface area contributed by atoms with E-state index in [1.165, 1.54) is 0 Å². The minimum absolute atomic E-state index is 0.00815. The molecule has 0 aliphatic carbocycles. The maximum absolute atomic E-state index is 11.8. The molecule has 3 N–H and O–H groups in total. The van der Waals surface area contributed by atoms with E-state index in [0.717, 1.165) is 11.3 Å². The molecule has 1 amide bonds. The zero-order chi connectivity index (χ0) is 15.5. The summed E-state index contributed by atoms with van der Waals surface area (Å²) in [4.78, 5) is 11.8. The topological polar surface area (TPSA) is 73.6 Å². The standard InChI is InChI=1S/C16H26N2O3/c1-13(2)21-10-9-20-8-4-7-16(19)18-15-6-3-5-14(11-15)12-17/h3,5-6,11,13H,4,7-10,12,17H2,1-2H3,(H,18,19). The van der Waals surface area contributed by atoms with Crippen LogP contribution in [0.15, 0.2) is 24.3 Å². The molecular formula is C16H26N2O3. The minimum atomic E-state index is -0.00815. The summed E-state index contributed by atoms with van der Waals surface area (Å²) in [7, 11) is 0. The van der Waals surface area contributed by atoms with Crippen LogP contribution in [-0.2, 0) is 20.8 Å². The van der Waals surface area contributed by atoms with Gasteiger partial charge in [-0.3, -0.25) is 4.79 Å².